The Labute approximate surface area is 163 Å². The Kier molecular flexibility index (Phi) is 6.67. The fraction of sp³-hybridized carbons (Fsp3) is 0.167. The molecule has 2 aromatic carbocycles. The van der Waals surface area contributed by atoms with E-state index in [0.29, 0.717) is 10.9 Å². The lowest BCUT2D eigenvalue weighted by molar-refractivity contribution is -0.141. The normalized spacial score (nSPS) is 10.6. The minimum Gasteiger partial charge on any atom is -0.487 e. The molecule has 0 atom stereocenters. The summed E-state index contributed by atoms with van der Waals surface area (Å²) in [5, 5.41) is 8.65. The number of ether oxygens (including phenoxy) is 2. The van der Waals surface area contributed by atoms with E-state index in [2.05, 4.69) is 10.2 Å². The van der Waals surface area contributed by atoms with Gasteiger partial charge in [-0.3, -0.25) is 4.79 Å². The first-order valence-corrected chi connectivity index (χ1v) is 9.23. The molecule has 0 N–H and O–H groups in total. The topological polar surface area (TPSA) is 74.5 Å². The van der Waals surface area contributed by atoms with E-state index in [1.165, 1.54) is 12.1 Å². The zero-order valence-electron chi connectivity index (χ0n) is 13.9. The number of aromatic nitrogens is 2. The smallest absolute Gasteiger partial charge is 0.316 e. The Morgan fingerprint density at radius 1 is 1.11 bits per heavy atom. The number of halogens is 2. The third-order valence-corrected chi connectivity index (χ3v) is 4.30. The first-order valence-electron chi connectivity index (χ1n) is 7.87. The van der Waals surface area contributed by atoms with Gasteiger partial charge >= 0.3 is 5.97 Å². The van der Waals surface area contributed by atoms with Crippen LogP contribution in [0.4, 0.5) is 4.39 Å². The average molecular weight is 409 g/mol. The van der Waals surface area contributed by atoms with E-state index in [0.717, 1.165) is 17.3 Å². The van der Waals surface area contributed by atoms with Gasteiger partial charge in [0, 0.05) is 10.6 Å². The van der Waals surface area contributed by atoms with Gasteiger partial charge < -0.3 is 13.9 Å². The lowest BCUT2D eigenvalue weighted by Gasteiger charge is -2.07. The number of hydrogen-bond acceptors (Lipinski definition) is 7. The van der Waals surface area contributed by atoms with Crippen LogP contribution in [0.25, 0.3) is 11.5 Å². The summed E-state index contributed by atoms with van der Waals surface area (Å²) >= 11 is 6.90. The van der Waals surface area contributed by atoms with E-state index in [1.807, 2.05) is 0 Å². The number of nitrogens with zero attached hydrogens (tertiary/aromatic N) is 2. The lowest BCUT2D eigenvalue weighted by atomic mass is 10.2. The summed E-state index contributed by atoms with van der Waals surface area (Å²) in [5.74, 6) is -0.484. The predicted octanol–water partition coefficient (Wildman–Crippen LogP) is 4.24. The highest BCUT2D eigenvalue weighted by Crippen LogP contribution is 2.24. The van der Waals surface area contributed by atoms with E-state index in [4.69, 9.17) is 25.5 Å². The third kappa shape index (κ3) is 5.70. The second kappa shape index (κ2) is 9.38. The maximum atomic E-state index is 13.4. The van der Waals surface area contributed by atoms with Gasteiger partial charge in [0.25, 0.3) is 5.22 Å². The molecule has 0 saturated carbocycles. The Morgan fingerprint density at radius 2 is 1.89 bits per heavy atom. The maximum Gasteiger partial charge on any atom is 0.316 e. The monoisotopic (exact) mass is 408 g/mol. The first kappa shape index (κ1) is 19.2. The maximum absolute atomic E-state index is 13.4. The van der Waals surface area contributed by atoms with Crippen molar-refractivity contribution in [1.82, 2.24) is 10.2 Å². The summed E-state index contributed by atoms with van der Waals surface area (Å²) < 4.78 is 29.1. The van der Waals surface area contributed by atoms with Gasteiger partial charge in [0.1, 0.15) is 19.0 Å². The Hall–Kier alpha value is -2.58. The number of para-hydroxylation sites is 1. The van der Waals surface area contributed by atoms with Crippen LogP contribution in [0.1, 0.15) is 0 Å². The quantitative estimate of drug-likeness (QED) is 0.313. The molecule has 0 bridgehead atoms. The molecule has 1 aromatic heterocycles. The van der Waals surface area contributed by atoms with Crippen LogP contribution in [0, 0.1) is 5.82 Å². The van der Waals surface area contributed by atoms with E-state index in [-0.39, 0.29) is 29.9 Å². The molecule has 9 heteroatoms. The molecule has 27 heavy (non-hydrogen) atoms. The fourth-order valence-corrected chi connectivity index (χ4v) is 2.70. The average Bonchev–Trinajstić information content (AvgIpc) is 3.14. The van der Waals surface area contributed by atoms with Crippen LogP contribution in [0.2, 0.25) is 5.02 Å². The fourth-order valence-electron chi connectivity index (χ4n) is 2.01. The highest BCUT2D eigenvalue weighted by molar-refractivity contribution is 7.99. The van der Waals surface area contributed by atoms with Gasteiger partial charge in [-0.15, -0.1) is 10.2 Å². The van der Waals surface area contributed by atoms with Crippen molar-refractivity contribution in [2.24, 2.45) is 0 Å². The standard InChI is InChI=1S/C18H14ClFN2O4S/c19-13-7-5-12(6-8-13)17-21-22-18(26-17)27-11-16(23)25-10-9-24-15-4-2-1-3-14(15)20/h1-8H,9-11H2. The Balaban J connectivity index is 1.39. The number of carbonyl (C=O) groups excluding carboxylic acids is 1. The SMILES string of the molecule is O=C(CSc1nnc(-c2ccc(Cl)cc2)o1)OCCOc1ccccc1F. The molecule has 6 nitrogen and oxygen atoms in total. The van der Waals surface area contributed by atoms with Crippen LogP contribution >= 0.6 is 23.4 Å². The largest absolute Gasteiger partial charge is 0.487 e. The van der Waals surface area contributed by atoms with Gasteiger partial charge in [0.05, 0.1) is 0 Å². The number of carbonyl (C=O) groups is 1. The molecule has 0 radical (unpaired) electrons. The van der Waals surface area contributed by atoms with E-state index in [9.17, 15) is 9.18 Å². The minimum atomic E-state index is -0.469. The zero-order valence-corrected chi connectivity index (χ0v) is 15.5. The lowest BCUT2D eigenvalue weighted by Crippen LogP contribution is -2.14. The second-order valence-electron chi connectivity index (χ2n) is 5.17. The van der Waals surface area contributed by atoms with Gasteiger partial charge in [0.2, 0.25) is 5.89 Å². The van der Waals surface area contributed by atoms with Crippen molar-refractivity contribution >= 4 is 29.3 Å². The molecule has 0 saturated heterocycles. The third-order valence-electron chi connectivity index (χ3n) is 3.25. The van der Waals surface area contributed by atoms with Crippen molar-refractivity contribution in [2.75, 3.05) is 19.0 Å². The van der Waals surface area contributed by atoms with Gasteiger partial charge in [-0.1, -0.05) is 35.5 Å². The van der Waals surface area contributed by atoms with Crippen molar-refractivity contribution in [3.8, 4) is 17.2 Å². The molecule has 0 aliphatic heterocycles. The number of rotatable bonds is 8. The van der Waals surface area contributed by atoms with Crippen molar-refractivity contribution in [3.63, 3.8) is 0 Å². The number of esters is 1. The molecule has 140 valence electrons. The second-order valence-corrected chi connectivity index (χ2v) is 6.53. The molecular formula is C18H14ClFN2O4S. The van der Waals surface area contributed by atoms with Crippen molar-refractivity contribution in [1.29, 1.82) is 0 Å². The van der Waals surface area contributed by atoms with Crippen molar-refractivity contribution in [3.05, 3.63) is 59.4 Å². The molecule has 1 heterocycles. The Morgan fingerprint density at radius 3 is 2.67 bits per heavy atom. The van der Waals surface area contributed by atoms with Crippen LogP contribution in [-0.4, -0.2) is 35.1 Å². The van der Waals surface area contributed by atoms with Gasteiger partial charge in [-0.2, -0.15) is 0 Å². The number of benzene rings is 2. The summed E-state index contributed by atoms with van der Waals surface area (Å²) in [5.41, 5.74) is 0.728. The molecule has 3 rings (SSSR count). The molecule has 0 fully saturated rings. The summed E-state index contributed by atoms with van der Waals surface area (Å²) in [7, 11) is 0. The van der Waals surface area contributed by atoms with Gasteiger partial charge in [-0.05, 0) is 36.4 Å². The van der Waals surface area contributed by atoms with E-state index < -0.39 is 11.8 Å². The minimum absolute atomic E-state index is 0.00193. The summed E-state index contributed by atoms with van der Waals surface area (Å²) in [6.45, 7) is 0.0617. The van der Waals surface area contributed by atoms with Crippen molar-refractivity contribution in [2.45, 2.75) is 5.22 Å². The first-order chi connectivity index (χ1) is 13.1. The van der Waals surface area contributed by atoms with Crippen LogP contribution in [0.15, 0.2) is 58.2 Å². The molecular weight excluding hydrogens is 395 g/mol. The van der Waals surface area contributed by atoms with E-state index >= 15 is 0 Å². The highest BCUT2D eigenvalue weighted by atomic mass is 35.5. The molecule has 0 spiro atoms. The van der Waals surface area contributed by atoms with Crippen LogP contribution in [0.5, 0.6) is 5.75 Å². The van der Waals surface area contributed by atoms with Crippen LogP contribution in [-0.2, 0) is 9.53 Å². The Bertz CT molecular complexity index is 904. The van der Waals surface area contributed by atoms with Crippen LogP contribution < -0.4 is 4.74 Å². The zero-order chi connectivity index (χ0) is 19.1. The highest BCUT2D eigenvalue weighted by Gasteiger charge is 2.12. The summed E-state index contributed by atoms with van der Waals surface area (Å²) in [6, 6.07) is 13.0. The van der Waals surface area contributed by atoms with E-state index in [1.54, 1.807) is 36.4 Å². The van der Waals surface area contributed by atoms with Crippen molar-refractivity contribution < 1.29 is 23.1 Å². The summed E-state index contributed by atoms with van der Waals surface area (Å²) in [4.78, 5) is 11.7. The predicted molar refractivity (Wildman–Crippen MR) is 98.3 cm³/mol. The molecule has 3 aromatic rings. The number of thioether (sulfide) groups is 1. The van der Waals surface area contributed by atoms with Gasteiger partial charge in [0.15, 0.2) is 11.6 Å². The molecule has 0 amide bonds. The number of hydrogen-bond donors (Lipinski definition) is 0. The molecule has 0 unspecified atom stereocenters. The molecule has 0 aliphatic rings. The van der Waals surface area contributed by atoms with Gasteiger partial charge in [-0.25, -0.2) is 4.39 Å². The molecule has 0 aliphatic carbocycles. The van der Waals surface area contributed by atoms with Crippen LogP contribution in [0.3, 0.4) is 0 Å². The summed E-state index contributed by atoms with van der Waals surface area (Å²) in [6.07, 6.45) is 0.